The summed E-state index contributed by atoms with van der Waals surface area (Å²) in [7, 11) is -3.82. The smallest absolute Gasteiger partial charge is 0.255 e. The van der Waals surface area contributed by atoms with Crippen LogP contribution in [-0.4, -0.2) is 31.7 Å². The summed E-state index contributed by atoms with van der Waals surface area (Å²) in [6.45, 7) is 3.98. The van der Waals surface area contributed by atoms with Crippen LogP contribution in [0.1, 0.15) is 24.2 Å². The summed E-state index contributed by atoms with van der Waals surface area (Å²) in [6.07, 6.45) is 0. The van der Waals surface area contributed by atoms with Crippen molar-refractivity contribution < 1.29 is 17.6 Å². The number of rotatable bonds is 6. The molecule has 26 heavy (non-hydrogen) atoms. The first kappa shape index (κ1) is 20.6. The van der Waals surface area contributed by atoms with Crippen molar-refractivity contribution in [1.82, 2.24) is 4.31 Å². The SMILES string of the molecule is CCN(CC)S(=O)(=O)c1cc(C(=O)Nc2ccc(F)c(Cl)c2)ccc1Cl. The second-order valence-electron chi connectivity index (χ2n) is 5.32. The number of hydrogen-bond donors (Lipinski definition) is 1. The van der Waals surface area contributed by atoms with Crippen LogP contribution in [0.2, 0.25) is 10.0 Å². The van der Waals surface area contributed by atoms with Crippen LogP contribution in [0.3, 0.4) is 0 Å². The lowest BCUT2D eigenvalue weighted by Gasteiger charge is -2.19. The molecule has 1 amide bonds. The molecule has 0 heterocycles. The summed E-state index contributed by atoms with van der Waals surface area (Å²) >= 11 is 11.7. The molecule has 9 heteroatoms. The molecule has 0 spiro atoms. The number of anilines is 1. The molecule has 0 aliphatic carbocycles. The largest absolute Gasteiger partial charge is 0.322 e. The van der Waals surface area contributed by atoms with Crippen molar-refractivity contribution >= 4 is 44.8 Å². The molecule has 5 nitrogen and oxygen atoms in total. The van der Waals surface area contributed by atoms with E-state index in [1.165, 1.54) is 34.6 Å². The predicted octanol–water partition coefficient (Wildman–Crippen LogP) is 4.42. The van der Waals surface area contributed by atoms with Crippen molar-refractivity contribution in [1.29, 1.82) is 0 Å². The third kappa shape index (κ3) is 4.35. The maximum Gasteiger partial charge on any atom is 0.255 e. The molecule has 0 aliphatic rings. The standard InChI is InChI=1S/C17H17Cl2FN2O3S/c1-3-22(4-2)26(24,25)16-9-11(5-7-13(16)18)17(23)21-12-6-8-15(20)14(19)10-12/h5-10H,3-4H2,1-2H3,(H,21,23). The predicted molar refractivity (Wildman–Crippen MR) is 101 cm³/mol. The van der Waals surface area contributed by atoms with Crippen LogP contribution in [-0.2, 0) is 10.0 Å². The molecule has 1 N–H and O–H groups in total. The molecular weight excluding hydrogens is 402 g/mol. The van der Waals surface area contributed by atoms with Gasteiger partial charge in [-0.1, -0.05) is 37.0 Å². The van der Waals surface area contributed by atoms with E-state index < -0.39 is 21.7 Å². The second-order valence-corrected chi connectivity index (χ2v) is 8.04. The molecule has 2 rings (SSSR count). The van der Waals surface area contributed by atoms with Crippen molar-refractivity contribution in [2.75, 3.05) is 18.4 Å². The first-order valence-electron chi connectivity index (χ1n) is 7.76. The van der Waals surface area contributed by atoms with Gasteiger partial charge in [0.15, 0.2) is 0 Å². The van der Waals surface area contributed by atoms with Gasteiger partial charge in [0.2, 0.25) is 10.0 Å². The number of nitrogens with one attached hydrogen (secondary N) is 1. The van der Waals surface area contributed by atoms with E-state index >= 15 is 0 Å². The van der Waals surface area contributed by atoms with E-state index in [4.69, 9.17) is 23.2 Å². The zero-order chi connectivity index (χ0) is 19.5. The number of halogens is 3. The molecule has 0 atom stereocenters. The van der Waals surface area contributed by atoms with Crippen molar-refractivity contribution in [3.63, 3.8) is 0 Å². The first-order chi connectivity index (χ1) is 12.2. The summed E-state index contributed by atoms with van der Waals surface area (Å²) in [5.74, 6) is -1.18. The summed E-state index contributed by atoms with van der Waals surface area (Å²) in [6, 6.07) is 7.71. The van der Waals surface area contributed by atoms with Crippen LogP contribution in [0.5, 0.6) is 0 Å². The minimum atomic E-state index is -3.82. The number of nitrogens with zero attached hydrogens (tertiary/aromatic N) is 1. The van der Waals surface area contributed by atoms with E-state index in [0.717, 1.165) is 6.07 Å². The van der Waals surface area contributed by atoms with Gasteiger partial charge in [0.05, 0.1) is 10.0 Å². The number of hydrogen-bond acceptors (Lipinski definition) is 3. The normalized spacial score (nSPS) is 11.6. The Morgan fingerprint density at radius 2 is 1.73 bits per heavy atom. The van der Waals surface area contributed by atoms with Gasteiger partial charge >= 0.3 is 0 Å². The Hall–Kier alpha value is -1.67. The Morgan fingerprint density at radius 1 is 1.08 bits per heavy atom. The van der Waals surface area contributed by atoms with Crippen molar-refractivity contribution in [2.24, 2.45) is 0 Å². The lowest BCUT2D eigenvalue weighted by molar-refractivity contribution is 0.102. The van der Waals surface area contributed by atoms with Crippen molar-refractivity contribution in [2.45, 2.75) is 18.7 Å². The van der Waals surface area contributed by atoms with Crippen molar-refractivity contribution in [3.05, 3.63) is 57.8 Å². The Kier molecular flexibility index (Phi) is 6.63. The lowest BCUT2D eigenvalue weighted by Crippen LogP contribution is -2.31. The second kappa shape index (κ2) is 8.35. The zero-order valence-electron chi connectivity index (χ0n) is 14.1. The summed E-state index contributed by atoms with van der Waals surface area (Å²) in [5.41, 5.74) is 0.380. The molecule has 140 valence electrons. The number of amides is 1. The number of carbonyl (C=O) groups excluding carboxylic acids is 1. The third-order valence-corrected chi connectivity index (χ3v) is 6.52. The minimum Gasteiger partial charge on any atom is -0.322 e. The highest BCUT2D eigenvalue weighted by atomic mass is 35.5. The Balaban J connectivity index is 2.36. The topological polar surface area (TPSA) is 66.5 Å². The van der Waals surface area contributed by atoms with Gasteiger partial charge in [0, 0.05) is 24.3 Å². The van der Waals surface area contributed by atoms with Gasteiger partial charge in [0.1, 0.15) is 10.7 Å². The lowest BCUT2D eigenvalue weighted by atomic mass is 10.2. The quantitative estimate of drug-likeness (QED) is 0.754. The Morgan fingerprint density at radius 3 is 2.31 bits per heavy atom. The van der Waals surface area contributed by atoms with E-state index in [2.05, 4.69) is 5.32 Å². The Labute approximate surface area is 161 Å². The molecule has 2 aromatic carbocycles. The highest BCUT2D eigenvalue weighted by Crippen LogP contribution is 2.26. The molecule has 0 fully saturated rings. The molecule has 0 bridgehead atoms. The molecule has 0 saturated carbocycles. The monoisotopic (exact) mass is 418 g/mol. The first-order valence-corrected chi connectivity index (χ1v) is 9.96. The molecular formula is C17H17Cl2FN2O3S. The Bertz CT molecular complexity index is 932. The van der Waals surface area contributed by atoms with Crippen LogP contribution in [0.15, 0.2) is 41.3 Å². The average molecular weight is 419 g/mol. The van der Waals surface area contributed by atoms with E-state index in [1.54, 1.807) is 13.8 Å². The summed E-state index contributed by atoms with van der Waals surface area (Å²) in [5, 5.41) is 2.43. The number of carbonyl (C=O) groups is 1. The molecule has 0 aromatic heterocycles. The fourth-order valence-electron chi connectivity index (χ4n) is 2.32. The van der Waals surface area contributed by atoms with Gasteiger partial charge in [0.25, 0.3) is 5.91 Å². The fraction of sp³-hybridized carbons (Fsp3) is 0.235. The van der Waals surface area contributed by atoms with Crippen LogP contribution in [0.4, 0.5) is 10.1 Å². The van der Waals surface area contributed by atoms with E-state index in [0.29, 0.717) is 0 Å². The van der Waals surface area contributed by atoms with Gasteiger partial charge in [-0.25, -0.2) is 12.8 Å². The summed E-state index contributed by atoms with van der Waals surface area (Å²) in [4.78, 5) is 12.3. The summed E-state index contributed by atoms with van der Waals surface area (Å²) < 4.78 is 39.8. The highest BCUT2D eigenvalue weighted by molar-refractivity contribution is 7.89. The molecule has 0 unspecified atom stereocenters. The third-order valence-electron chi connectivity index (χ3n) is 3.69. The highest BCUT2D eigenvalue weighted by Gasteiger charge is 2.25. The minimum absolute atomic E-state index is 0.0262. The maximum atomic E-state index is 13.2. The van der Waals surface area contributed by atoms with Crippen LogP contribution in [0.25, 0.3) is 0 Å². The average Bonchev–Trinajstić information content (AvgIpc) is 2.59. The van der Waals surface area contributed by atoms with E-state index in [1.807, 2.05) is 0 Å². The molecule has 2 aromatic rings. The van der Waals surface area contributed by atoms with Crippen LogP contribution in [0, 0.1) is 5.82 Å². The van der Waals surface area contributed by atoms with E-state index in [-0.39, 0.29) is 39.3 Å². The van der Waals surface area contributed by atoms with Crippen LogP contribution < -0.4 is 5.32 Å². The van der Waals surface area contributed by atoms with Gasteiger partial charge in [-0.3, -0.25) is 4.79 Å². The number of sulfonamides is 1. The van der Waals surface area contributed by atoms with Gasteiger partial charge in [-0.15, -0.1) is 0 Å². The van der Waals surface area contributed by atoms with Crippen LogP contribution >= 0.6 is 23.2 Å². The van der Waals surface area contributed by atoms with Crippen molar-refractivity contribution in [3.8, 4) is 0 Å². The van der Waals surface area contributed by atoms with E-state index in [9.17, 15) is 17.6 Å². The van der Waals surface area contributed by atoms with Gasteiger partial charge in [-0.2, -0.15) is 4.31 Å². The number of benzene rings is 2. The molecule has 0 aliphatic heterocycles. The zero-order valence-corrected chi connectivity index (χ0v) is 16.4. The molecule has 0 saturated heterocycles. The van der Waals surface area contributed by atoms with Gasteiger partial charge in [-0.05, 0) is 36.4 Å². The maximum absolute atomic E-state index is 13.2. The van der Waals surface area contributed by atoms with Gasteiger partial charge < -0.3 is 5.32 Å². The fourth-order valence-corrected chi connectivity index (χ4v) is 4.46. The molecule has 0 radical (unpaired) electrons.